The summed E-state index contributed by atoms with van der Waals surface area (Å²) in [6.45, 7) is 0. The molecule has 0 amide bonds. The molecule has 0 saturated carbocycles. The molecule has 0 radical (unpaired) electrons. The Bertz CT molecular complexity index is 216. The van der Waals surface area contributed by atoms with Crippen molar-refractivity contribution in [1.29, 1.82) is 0 Å². The van der Waals surface area contributed by atoms with E-state index in [1.54, 1.807) is 0 Å². The summed E-state index contributed by atoms with van der Waals surface area (Å²) in [7, 11) is 6.00. The maximum atomic E-state index is 9.99. The first-order valence-corrected chi connectivity index (χ1v) is 3.37. The van der Waals surface area contributed by atoms with Crippen LogP contribution in [0, 0.1) is 0 Å². The number of carbonyl (C=O) groups is 1. The lowest BCUT2D eigenvalue weighted by atomic mass is 10.5. The number of nitrogens with zero attached hydrogens (tertiary/aromatic N) is 2. The topological polar surface area (TPSA) is 69.2 Å². The van der Waals surface area contributed by atoms with Crippen LogP contribution in [0.1, 0.15) is 10.5 Å². The summed E-state index contributed by atoms with van der Waals surface area (Å²) in [5, 5.41) is 13.9. The molecule has 0 aromatic carbocycles. The number of aromatic carboxylic acids is 1. The molecule has 5 heteroatoms. The minimum absolute atomic E-state index is 0.116. The second-order valence-corrected chi connectivity index (χ2v) is 2.62. The largest absolute Gasteiger partial charge is 0.477 e. The Morgan fingerprint density at radius 3 is 2.25 bits per heavy atom. The van der Waals surface area contributed by atoms with E-state index in [1.807, 2.05) is 26.0 Å². The molecule has 1 heterocycles. The highest BCUT2D eigenvalue weighted by atomic mass is 16.4. The van der Waals surface area contributed by atoms with E-state index in [-0.39, 0.29) is 5.69 Å². The van der Waals surface area contributed by atoms with Gasteiger partial charge in [0.2, 0.25) is 0 Å². The van der Waals surface area contributed by atoms with Gasteiger partial charge in [-0.05, 0) is 27.2 Å². The van der Waals surface area contributed by atoms with E-state index in [0.29, 0.717) is 0 Å². The lowest BCUT2D eigenvalue weighted by Crippen LogP contribution is -1.99. The summed E-state index contributed by atoms with van der Waals surface area (Å²) in [5.74, 6) is -0.984. The number of aromatic nitrogens is 2. The summed E-state index contributed by atoms with van der Waals surface area (Å²) in [4.78, 5) is 12.0. The molecule has 0 fully saturated rings. The third kappa shape index (κ3) is 5.43. The summed E-state index contributed by atoms with van der Waals surface area (Å²) >= 11 is 0. The van der Waals surface area contributed by atoms with Gasteiger partial charge in [-0.15, -0.1) is 0 Å². The van der Waals surface area contributed by atoms with Gasteiger partial charge < -0.3 is 10.0 Å². The first kappa shape index (κ1) is 10.6. The molecule has 5 nitrogen and oxygen atoms in total. The first-order chi connectivity index (χ1) is 5.54. The van der Waals surface area contributed by atoms with Gasteiger partial charge in [0.1, 0.15) is 5.69 Å². The maximum Gasteiger partial charge on any atom is 0.353 e. The molecule has 1 aromatic heterocycles. The molecule has 0 aliphatic carbocycles. The number of hydrogen-bond donors (Lipinski definition) is 2. The highest BCUT2D eigenvalue weighted by molar-refractivity contribution is 5.84. The molecule has 0 atom stereocenters. The van der Waals surface area contributed by atoms with Crippen LogP contribution in [0.3, 0.4) is 0 Å². The van der Waals surface area contributed by atoms with Crippen LogP contribution < -0.4 is 0 Å². The number of rotatable bonds is 1. The Kier molecular flexibility index (Phi) is 4.71. The molecular formula is C7H13N3O2. The van der Waals surface area contributed by atoms with Crippen molar-refractivity contribution in [2.24, 2.45) is 0 Å². The van der Waals surface area contributed by atoms with E-state index in [1.165, 1.54) is 12.3 Å². The highest BCUT2D eigenvalue weighted by Gasteiger charge is 1.99. The fraction of sp³-hybridized carbons (Fsp3) is 0.429. The van der Waals surface area contributed by atoms with E-state index in [2.05, 4.69) is 10.2 Å². The van der Waals surface area contributed by atoms with Gasteiger partial charge in [-0.2, -0.15) is 5.10 Å². The molecule has 0 aliphatic rings. The van der Waals surface area contributed by atoms with Crippen LogP contribution >= 0.6 is 0 Å². The van der Waals surface area contributed by atoms with Crippen LogP contribution in [0.25, 0.3) is 0 Å². The van der Waals surface area contributed by atoms with Gasteiger partial charge in [0.25, 0.3) is 0 Å². The van der Waals surface area contributed by atoms with Crippen molar-refractivity contribution in [2.45, 2.75) is 0 Å². The Balaban J connectivity index is 0.000000261. The number of carboxylic acid groups (broad SMARTS) is 1. The van der Waals surface area contributed by atoms with Crippen molar-refractivity contribution < 1.29 is 9.90 Å². The van der Waals surface area contributed by atoms with Gasteiger partial charge >= 0.3 is 5.97 Å². The summed E-state index contributed by atoms with van der Waals surface area (Å²) in [6, 6.07) is 1.39. The molecule has 0 bridgehead atoms. The lowest BCUT2D eigenvalue weighted by molar-refractivity contribution is 0.0690. The number of nitrogens with one attached hydrogen (secondary N) is 1. The Hall–Kier alpha value is -1.36. The molecule has 1 rings (SSSR count). The average molecular weight is 171 g/mol. The van der Waals surface area contributed by atoms with Crippen LogP contribution in [-0.2, 0) is 0 Å². The van der Waals surface area contributed by atoms with Crippen LogP contribution in [0.2, 0.25) is 0 Å². The van der Waals surface area contributed by atoms with Gasteiger partial charge in [0.15, 0.2) is 0 Å². The van der Waals surface area contributed by atoms with E-state index in [4.69, 9.17) is 5.11 Å². The first-order valence-electron chi connectivity index (χ1n) is 3.37. The fourth-order valence-corrected chi connectivity index (χ4v) is 0.375. The Morgan fingerprint density at radius 1 is 1.58 bits per heavy atom. The molecule has 2 N–H and O–H groups in total. The maximum absolute atomic E-state index is 9.99. The van der Waals surface area contributed by atoms with E-state index < -0.39 is 5.97 Å². The van der Waals surface area contributed by atoms with Crippen molar-refractivity contribution >= 4 is 5.97 Å². The van der Waals surface area contributed by atoms with E-state index in [9.17, 15) is 4.79 Å². The van der Waals surface area contributed by atoms with Gasteiger partial charge in [-0.1, -0.05) is 0 Å². The predicted octanol–water partition coefficient (Wildman–Crippen LogP) is 0.286. The molecule has 0 unspecified atom stereocenters. The smallest absolute Gasteiger partial charge is 0.353 e. The van der Waals surface area contributed by atoms with Crippen LogP contribution in [-0.4, -0.2) is 47.3 Å². The minimum Gasteiger partial charge on any atom is -0.477 e. The second kappa shape index (κ2) is 5.31. The molecule has 0 spiro atoms. The van der Waals surface area contributed by atoms with Crippen molar-refractivity contribution in [1.82, 2.24) is 15.1 Å². The monoisotopic (exact) mass is 171 g/mol. The SMILES string of the molecule is CN(C)C.O=C(O)c1ccn[nH]1. The summed E-state index contributed by atoms with van der Waals surface area (Å²) in [5.41, 5.74) is 0.116. The fourth-order valence-electron chi connectivity index (χ4n) is 0.375. The quantitative estimate of drug-likeness (QED) is 0.637. The third-order valence-corrected chi connectivity index (χ3v) is 0.731. The zero-order valence-electron chi connectivity index (χ0n) is 7.40. The van der Waals surface area contributed by atoms with Gasteiger partial charge in [0, 0.05) is 6.20 Å². The van der Waals surface area contributed by atoms with Crippen molar-refractivity contribution in [3.8, 4) is 0 Å². The van der Waals surface area contributed by atoms with E-state index >= 15 is 0 Å². The molecule has 0 aliphatic heterocycles. The summed E-state index contributed by atoms with van der Waals surface area (Å²) < 4.78 is 0. The molecular weight excluding hydrogens is 158 g/mol. The van der Waals surface area contributed by atoms with Gasteiger partial charge in [-0.3, -0.25) is 5.10 Å². The zero-order chi connectivity index (χ0) is 9.56. The highest BCUT2D eigenvalue weighted by Crippen LogP contribution is 1.87. The molecule has 1 aromatic rings. The molecule has 12 heavy (non-hydrogen) atoms. The standard InChI is InChI=1S/C4H4N2O2.C3H9N/c7-4(8)3-1-2-5-6-3;1-4(2)3/h1-2H,(H,5,6)(H,7,8);1-3H3. The van der Waals surface area contributed by atoms with E-state index in [0.717, 1.165) is 0 Å². The Morgan fingerprint density at radius 2 is 2.08 bits per heavy atom. The minimum atomic E-state index is -0.984. The number of hydrogen-bond acceptors (Lipinski definition) is 3. The Labute approximate surface area is 71.0 Å². The average Bonchev–Trinajstić information content (AvgIpc) is 2.34. The predicted molar refractivity (Wildman–Crippen MR) is 45.2 cm³/mol. The molecule has 68 valence electrons. The number of aromatic amines is 1. The van der Waals surface area contributed by atoms with Crippen LogP contribution in [0.4, 0.5) is 0 Å². The van der Waals surface area contributed by atoms with Gasteiger partial charge in [0.05, 0.1) is 0 Å². The molecule has 0 saturated heterocycles. The van der Waals surface area contributed by atoms with Crippen LogP contribution in [0.15, 0.2) is 12.3 Å². The number of H-pyrrole nitrogens is 1. The zero-order valence-corrected chi connectivity index (χ0v) is 7.40. The van der Waals surface area contributed by atoms with Crippen molar-refractivity contribution in [2.75, 3.05) is 21.1 Å². The second-order valence-electron chi connectivity index (χ2n) is 2.62. The van der Waals surface area contributed by atoms with Crippen molar-refractivity contribution in [3.63, 3.8) is 0 Å². The van der Waals surface area contributed by atoms with Crippen LogP contribution in [0.5, 0.6) is 0 Å². The third-order valence-electron chi connectivity index (χ3n) is 0.731. The summed E-state index contributed by atoms with van der Waals surface area (Å²) in [6.07, 6.45) is 1.39. The lowest BCUT2D eigenvalue weighted by Gasteiger charge is -1.90. The number of carboxylic acids is 1. The normalized spacial score (nSPS) is 9.00. The van der Waals surface area contributed by atoms with Gasteiger partial charge in [-0.25, -0.2) is 4.79 Å². The van der Waals surface area contributed by atoms with Crippen molar-refractivity contribution in [3.05, 3.63) is 18.0 Å².